The normalized spacial score (nSPS) is 17.9. The van der Waals surface area contributed by atoms with Gasteiger partial charge in [0.25, 0.3) is 5.91 Å². The van der Waals surface area contributed by atoms with E-state index in [2.05, 4.69) is 26.1 Å². The van der Waals surface area contributed by atoms with Crippen molar-refractivity contribution in [3.05, 3.63) is 46.8 Å². The first-order valence-electron chi connectivity index (χ1n) is 9.38. The van der Waals surface area contributed by atoms with Crippen molar-refractivity contribution in [1.82, 2.24) is 10.2 Å². The summed E-state index contributed by atoms with van der Waals surface area (Å²) < 4.78 is 11.9. The predicted molar refractivity (Wildman–Crippen MR) is 107 cm³/mol. The second-order valence-corrected chi connectivity index (χ2v) is 7.87. The molecule has 3 heterocycles. The number of amides is 2. The summed E-state index contributed by atoms with van der Waals surface area (Å²) in [7, 11) is 0. The van der Waals surface area contributed by atoms with Crippen LogP contribution < -0.4 is 15.0 Å². The number of ether oxygens (including phenoxy) is 1. The molecule has 8 heteroatoms. The van der Waals surface area contributed by atoms with Gasteiger partial charge in [0.1, 0.15) is 18.1 Å². The van der Waals surface area contributed by atoms with Crippen LogP contribution in [0, 0.1) is 0 Å². The van der Waals surface area contributed by atoms with Crippen LogP contribution >= 0.6 is 15.9 Å². The van der Waals surface area contributed by atoms with Crippen molar-refractivity contribution >= 4 is 33.4 Å². The van der Waals surface area contributed by atoms with E-state index < -0.39 is 0 Å². The monoisotopic (exact) mass is 447 g/mol. The number of fused-ring (bicyclic) bond motifs is 1. The van der Waals surface area contributed by atoms with Crippen molar-refractivity contribution in [3.8, 4) is 5.75 Å². The van der Waals surface area contributed by atoms with Gasteiger partial charge in [-0.15, -0.1) is 0 Å². The molecule has 2 amide bonds. The molecule has 1 saturated heterocycles. The number of carbonyl (C=O) groups is 2. The Kier molecular flexibility index (Phi) is 5.68. The fourth-order valence-corrected chi connectivity index (χ4v) is 4.05. The van der Waals surface area contributed by atoms with Gasteiger partial charge >= 0.3 is 0 Å². The lowest BCUT2D eigenvalue weighted by Gasteiger charge is -2.30. The number of furan rings is 1. The fourth-order valence-electron chi connectivity index (χ4n) is 3.71. The zero-order valence-electron chi connectivity index (χ0n) is 15.4. The van der Waals surface area contributed by atoms with Crippen LogP contribution in [0.4, 0.5) is 5.69 Å². The summed E-state index contributed by atoms with van der Waals surface area (Å²) in [5.41, 5.74) is 0.608. The molecule has 148 valence electrons. The summed E-state index contributed by atoms with van der Waals surface area (Å²) in [6.07, 6.45) is 3.96. The summed E-state index contributed by atoms with van der Waals surface area (Å²) in [5.74, 6) is 0.999. The zero-order chi connectivity index (χ0) is 19.5. The maximum absolute atomic E-state index is 12.6. The Balaban J connectivity index is 1.42. The minimum absolute atomic E-state index is 0.00471. The molecule has 2 aliphatic heterocycles. The SMILES string of the molecule is O=C(CN1C(=O)COc2cc(Br)ccc21)NCC(c1ccco1)N1CCCC1. The van der Waals surface area contributed by atoms with Gasteiger partial charge in [-0.05, 0) is 56.3 Å². The number of nitrogens with one attached hydrogen (secondary N) is 1. The Labute approximate surface area is 171 Å². The molecule has 1 aromatic heterocycles. The molecule has 1 atom stereocenters. The van der Waals surface area contributed by atoms with E-state index in [4.69, 9.17) is 9.15 Å². The number of carbonyl (C=O) groups excluding carboxylic acids is 2. The van der Waals surface area contributed by atoms with Gasteiger partial charge in [0.2, 0.25) is 5.91 Å². The van der Waals surface area contributed by atoms with Crippen LogP contribution in [-0.4, -0.2) is 49.5 Å². The number of nitrogens with zero attached hydrogens (tertiary/aromatic N) is 2. The molecule has 2 aromatic rings. The molecule has 7 nitrogen and oxygen atoms in total. The first-order valence-corrected chi connectivity index (χ1v) is 10.2. The molecule has 0 radical (unpaired) electrons. The van der Waals surface area contributed by atoms with Crippen molar-refractivity contribution in [2.75, 3.05) is 37.7 Å². The van der Waals surface area contributed by atoms with Crippen molar-refractivity contribution < 1.29 is 18.7 Å². The van der Waals surface area contributed by atoms with E-state index in [9.17, 15) is 9.59 Å². The minimum atomic E-state index is -0.230. The molecule has 0 bridgehead atoms. The molecule has 4 rings (SSSR count). The van der Waals surface area contributed by atoms with Crippen molar-refractivity contribution in [2.45, 2.75) is 18.9 Å². The summed E-state index contributed by atoms with van der Waals surface area (Å²) in [5, 5.41) is 2.97. The summed E-state index contributed by atoms with van der Waals surface area (Å²) in [4.78, 5) is 28.7. The lowest BCUT2D eigenvalue weighted by Crippen LogP contribution is -2.46. The van der Waals surface area contributed by atoms with E-state index in [-0.39, 0.29) is 31.0 Å². The second kappa shape index (κ2) is 8.36. The lowest BCUT2D eigenvalue weighted by atomic mass is 10.2. The molecule has 1 fully saturated rings. The van der Waals surface area contributed by atoms with Crippen molar-refractivity contribution in [1.29, 1.82) is 0 Å². The van der Waals surface area contributed by atoms with Crippen LogP contribution in [-0.2, 0) is 9.59 Å². The second-order valence-electron chi connectivity index (χ2n) is 6.96. The van der Waals surface area contributed by atoms with E-state index >= 15 is 0 Å². The maximum Gasteiger partial charge on any atom is 0.265 e. The topological polar surface area (TPSA) is 75.0 Å². The largest absolute Gasteiger partial charge is 0.482 e. The summed E-state index contributed by atoms with van der Waals surface area (Å²) in [6.45, 7) is 2.32. The highest BCUT2D eigenvalue weighted by atomic mass is 79.9. The van der Waals surface area contributed by atoms with Crippen LogP contribution in [0.3, 0.4) is 0 Å². The molecular formula is C20H22BrN3O4. The zero-order valence-corrected chi connectivity index (χ0v) is 17.0. The summed E-state index contributed by atoms with van der Waals surface area (Å²) >= 11 is 3.39. The minimum Gasteiger partial charge on any atom is -0.482 e. The number of halogens is 1. The number of likely N-dealkylation sites (tertiary alicyclic amines) is 1. The fraction of sp³-hybridized carbons (Fsp3) is 0.400. The average molecular weight is 448 g/mol. The molecule has 1 aromatic carbocycles. The number of benzene rings is 1. The van der Waals surface area contributed by atoms with Gasteiger partial charge in [-0.2, -0.15) is 0 Å². The third-order valence-corrected chi connectivity index (χ3v) is 5.61. The van der Waals surface area contributed by atoms with Gasteiger partial charge in [-0.25, -0.2) is 0 Å². The molecular weight excluding hydrogens is 426 g/mol. The highest BCUT2D eigenvalue weighted by Gasteiger charge is 2.29. The first-order chi connectivity index (χ1) is 13.6. The van der Waals surface area contributed by atoms with Gasteiger partial charge in [0, 0.05) is 11.0 Å². The Hall–Kier alpha value is -2.32. The highest BCUT2D eigenvalue weighted by Crippen LogP contribution is 2.34. The van der Waals surface area contributed by atoms with E-state index in [1.54, 1.807) is 18.4 Å². The number of hydrogen-bond acceptors (Lipinski definition) is 5. The molecule has 0 spiro atoms. The average Bonchev–Trinajstić information content (AvgIpc) is 3.39. The molecule has 28 heavy (non-hydrogen) atoms. The van der Waals surface area contributed by atoms with Crippen LogP contribution in [0.2, 0.25) is 0 Å². The van der Waals surface area contributed by atoms with Gasteiger partial charge < -0.3 is 14.5 Å². The first kappa shape index (κ1) is 19.0. The van der Waals surface area contributed by atoms with Crippen LogP contribution in [0.15, 0.2) is 45.5 Å². The Bertz CT molecular complexity index is 849. The van der Waals surface area contributed by atoms with E-state index in [1.165, 1.54) is 4.90 Å². The van der Waals surface area contributed by atoms with E-state index in [0.29, 0.717) is 18.0 Å². The van der Waals surface area contributed by atoms with Crippen molar-refractivity contribution in [2.24, 2.45) is 0 Å². The molecule has 1 unspecified atom stereocenters. The quantitative estimate of drug-likeness (QED) is 0.736. The Morgan fingerprint density at radius 1 is 1.25 bits per heavy atom. The summed E-state index contributed by atoms with van der Waals surface area (Å²) in [6, 6.07) is 9.21. The van der Waals surface area contributed by atoms with E-state index in [1.807, 2.05) is 18.2 Å². The number of rotatable bonds is 6. The standard InChI is InChI=1S/C20H22BrN3O4/c21-14-5-6-15-18(10-14)28-13-20(26)24(15)12-19(25)22-11-16(17-4-3-9-27-17)23-7-1-2-8-23/h3-6,9-10,16H,1-2,7-8,11-13H2,(H,22,25). The lowest BCUT2D eigenvalue weighted by molar-refractivity contribution is -0.125. The third-order valence-electron chi connectivity index (χ3n) is 5.11. The maximum atomic E-state index is 12.6. The Morgan fingerprint density at radius 3 is 2.82 bits per heavy atom. The van der Waals surface area contributed by atoms with Gasteiger partial charge in [0.15, 0.2) is 6.61 Å². The molecule has 2 aliphatic rings. The van der Waals surface area contributed by atoms with Gasteiger partial charge in [0.05, 0.1) is 18.0 Å². The van der Waals surface area contributed by atoms with Crippen LogP contribution in [0.5, 0.6) is 5.75 Å². The predicted octanol–water partition coefficient (Wildman–Crippen LogP) is 2.72. The van der Waals surface area contributed by atoms with E-state index in [0.717, 1.165) is 36.2 Å². The highest BCUT2D eigenvalue weighted by molar-refractivity contribution is 9.10. The molecule has 0 aliphatic carbocycles. The molecule has 1 N–H and O–H groups in total. The van der Waals surface area contributed by atoms with Gasteiger partial charge in [-0.3, -0.25) is 19.4 Å². The van der Waals surface area contributed by atoms with Crippen LogP contribution in [0.25, 0.3) is 0 Å². The van der Waals surface area contributed by atoms with Gasteiger partial charge in [-0.1, -0.05) is 15.9 Å². The third kappa shape index (κ3) is 4.07. The number of hydrogen-bond donors (Lipinski definition) is 1. The smallest absolute Gasteiger partial charge is 0.265 e. The molecule has 0 saturated carbocycles. The van der Waals surface area contributed by atoms with Crippen molar-refractivity contribution in [3.63, 3.8) is 0 Å². The van der Waals surface area contributed by atoms with Crippen LogP contribution in [0.1, 0.15) is 24.6 Å². The number of anilines is 1. The Morgan fingerprint density at radius 2 is 2.07 bits per heavy atom.